The number of rotatable bonds is 8. The number of benzene rings is 9. The van der Waals surface area contributed by atoms with Crippen LogP contribution in [0.3, 0.4) is 0 Å². The topological polar surface area (TPSA) is 8.17 Å². The van der Waals surface area contributed by atoms with Gasteiger partial charge >= 0.3 is 0 Å². The molecule has 0 aliphatic rings. The van der Waals surface area contributed by atoms with Gasteiger partial charge in [0, 0.05) is 33.4 Å². The van der Waals surface area contributed by atoms with Gasteiger partial charge in [0.25, 0.3) is 0 Å². The first-order valence-electron chi connectivity index (χ1n) is 19.2. The van der Waals surface area contributed by atoms with Crippen LogP contribution in [-0.2, 0) is 0 Å². The van der Waals surface area contributed by atoms with Crippen molar-refractivity contribution in [1.82, 2.24) is 4.57 Å². The van der Waals surface area contributed by atoms with E-state index in [1.807, 2.05) is 0 Å². The first kappa shape index (κ1) is 33.2. The summed E-state index contributed by atoms with van der Waals surface area (Å²) < 4.78 is 2.42. The quantitative estimate of drug-likeness (QED) is 0.152. The number of aromatic nitrogens is 1. The highest BCUT2D eigenvalue weighted by Gasteiger charge is 2.18. The van der Waals surface area contributed by atoms with Gasteiger partial charge in [0.1, 0.15) is 0 Å². The summed E-state index contributed by atoms with van der Waals surface area (Å²) in [6.45, 7) is 0. The highest BCUT2D eigenvalue weighted by atomic mass is 15.1. The van der Waals surface area contributed by atoms with Crippen molar-refractivity contribution in [3.05, 3.63) is 231 Å². The Labute approximate surface area is 327 Å². The standard InChI is InChI=1S/C54H38N2/c1-3-15-39(16-4-1)41-27-33-44(34-28-41)55(45-35-29-42(30-36-45)40-17-5-2-6-18-40)46-37-31-43(32-38-46)47-19-7-8-20-48(47)49-21-9-12-24-52(49)56-53-25-13-10-22-50(53)51-23-11-14-26-54(51)56/h1-38H. The first-order chi connectivity index (χ1) is 27.8. The summed E-state index contributed by atoms with van der Waals surface area (Å²) in [5.41, 5.74) is 16.4. The molecular weight excluding hydrogens is 677 g/mol. The molecule has 0 fully saturated rings. The molecule has 264 valence electrons. The van der Waals surface area contributed by atoms with E-state index in [4.69, 9.17) is 0 Å². The summed E-state index contributed by atoms with van der Waals surface area (Å²) in [6, 6.07) is 82.9. The molecule has 0 unspecified atom stereocenters. The van der Waals surface area contributed by atoms with E-state index in [0.29, 0.717) is 0 Å². The van der Waals surface area contributed by atoms with E-state index in [-0.39, 0.29) is 0 Å². The maximum Gasteiger partial charge on any atom is 0.0541 e. The van der Waals surface area contributed by atoms with Crippen LogP contribution in [0.1, 0.15) is 0 Å². The largest absolute Gasteiger partial charge is 0.311 e. The van der Waals surface area contributed by atoms with Crippen LogP contribution in [0.4, 0.5) is 17.1 Å². The van der Waals surface area contributed by atoms with E-state index < -0.39 is 0 Å². The Balaban J connectivity index is 1.05. The molecular formula is C54H38N2. The van der Waals surface area contributed by atoms with Crippen molar-refractivity contribution in [2.24, 2.45) is 0 Å². The highest BCUT2D eigenvalue weighted by Crippen LogP contribution is 2.41. The summed E-state index contributed by atoms with van der Waals surface area (Å²) in [6.07, 6.45) is 0. The summed E-state index contributed by atoms with van der Waals surface area (Å²) in [7, 11) is 0. The Bertz CT molecular complexity index is 2790. The number of fused-ring (bicyclic) bond motifs is 3. The van der Waals surface area contributed by atoms with Crippen LogP contribution in [0.5, 0.6) is 0 Å². The van der Waals surface area contributed by atoms with Gasteiger partial charge in [0.05, 0.1) is 16.7 Å². The fraction of sp³-hybridized carbons (Fsp3) is 0. The van der Waals surface area contributed by atoms with Crippen molar-refractivity contribution in [3.8, 4) is 50.2 Å². The van der Waals surface area contributed by atoms with Gasteiger partial charge in [0.2, 0.25) is 0 Å². The zero-order valence-electron chi connectivity index (χ0n) is 30.8. The molecule has 10 aromatic rings. The Hall–Kier alpha value is -7.42. The number of nitrogens with zero attached hydrogens (tertiary/aromatic N) is 2. The third-order valence-corrected chi connectivity index (χ3v) is 10.8. The molecule has 0 atom stereocenters. The molecule has 2 heteroatoms. The number of anilines is 3. The van der Waals surface area contributed by atoms with Gasteiger partial charge in [-0.2, -0.15) is 0 Å². The molecule has 2 nitrogen and oxygen atoms in total. The van der Waals surface area contributed by atoms with E-state index in [0.717, 1.165) is 22.7 Å². The molecule has 0 aliphatic carbocycles. The summed E-state index contributed by atoms with van der Waals surface area (Å²) >= 11 is 0. The average molecular weight is 715 g/mol. The van der Waals surface area contributed by atoms with Crippen molar-refractivity contribution >= 4 is 38.9 Å². The molecule has 0 saturated heterocycles. The second kappa shape index (κ2) is 14.4. The zero-order chi connectivity index (χ0) is 37.3. The molecule has 0 amide bonds. The maximum absolute atomic E-state index is 2.42. The lowest BCUT2D eigenvalue weighted by Gasteiger charge is -2.26. The second-order valence-corrected chi connectivity index (χ2v) is 14.1. The Morgan fingerprint density at radius 1 is 0.250 bits per heavy atom. The third-order valence-electron chi connectivity index (χ3n) is 10.8. The molecule has 0 spiro atoms. The van der Waals surface area contributed by atoms with Gasteiger partial charge in [-0.05, 0) is 93.5 Å². The summed E-state index contributed by atoms with van der Waals surface area (Å²) in [5.74, 6) is 0. The Morgan fingerprint density at radius 2 is 0.607 bits per heavy atom. The van der Waals surface area contributed by atoms with Gasteiger partial charge in [-0.3, -0.25) is 0 Å². The van der Waals surface area contributed by atoms with Crippen molar-refractivity contribution in [2.45, 2.75) is 0 Å². The molecule has 1 heterocycles. The van der Waals surface area contributed by atoms with Gasteiger partial charge in [-0.25, -0.2) is 0 Å². The lowest BCUT2D eigenvalue weighted by atomic mass is 9.93. The van der Waals surface area contributed by atoms with Crippen LogP contribution >= 0.6 is 0 Å². The highest BCUT2D eigenvalue weighted by molar-refractivity contribution is 6.10. The molecule has 9 aromatic carbocycles. The zero-order valence-corrected chi connectivity index (χ0v) is 30.8. The molecule has 0 N–H and O–H groups in total. The molecule has 1 aromatic heterocycles. The Morgan fingerprint density at radius 3 is 1.11 bits per heavy atom. The van der Waals surface area contributed by atoms with Crippen molar-refractivity contribution in [1.29, 1.82) is 0 Å². The fourth-order valence-corrected chi connectivity index (χ4v) is 8.15. The minimum Gasteiger partial charge on any atom is -0.311 e. The number of hydrogen-bond donors (Lipinski definition) is 0. The predicted molar refractivity (Wildman–Crippen MR) is 237 cm³/mol. The van der Waals surface area contributed by atoms with Gasteiger partial charge in [0.15, 0.2) is 0 Å². The smallest absolute Gasteiger partial charge is 0.0541 e. The van der Waals surface area contributed by atoms with E-state index in [1.54, 1.807) is 0 Å². The maximum atomic E-state index is 2.42. The SMILES string of the molecule is c1ccc(-c2ccc(N(c3ccc(-c4ccccc4)cc3)c3ccc(-c4ccccc4-c4ccccc4-n4c5ccccc5c5ccccc54)cc3)cc2)cc1. The normalized spacial score (nSPS) is 11.2. The van der Waals surface area contributed by atoms with E-state index in [2.05, 4.69) is 240 Å². The van der Waals surface area contributed by atoms with E-state index in [1.165, 1.54) is 66.3 Å². The van der Waals surface area contributed by atoms with Gasteiger partial charge in [-0.15, -0.1) is 0 Å². The molecule has 0 bridgehead atoms. The van der Waals surface area contributed by atoms with Gasteiger partial charge in [-0.1, -0.05) is 176 Å². The fourth-order valence-electron chi connectivity index (χ4n) is 8.15. The van der Waals surface area contributed by atoms with Gasteiger partial charge < -0.3 is 9.47 Å². The summed E-state index contributed by atoms with van der Waals surface area (Å²) in [5, 5.41) is 2.52. The van der Waals surface area contributed by atoms with Crippen LogP contribution in [-0.4, -0.2) is 4.57 Å². The lowest BCUT2D eigenvalue weighted by Crippen LogP contribution is -2.09. The molecule has 10 rings (SSSR count). The van der Waals surface area contributed by atoms with E-state index >= 15 is 0 Å². The van der Waals surface area contributed by atoms with Crippen molar-refractivity contribution in [2.75, 3.05) is 4.90 Å². The Kier molecular flexibility index (Phi) is 8.55. The summed E-state index contributed by atoms with van der Waals surface area (Å²) in [4.78, 5) is 2.34. The minimum atomic E-state index is 1.09. The minimum absolute atomic E-state index is 1.09. The lowest BCUT2D eigenvalue weighted by molar-refractivity contribution is 1.18. The first-order valence-corrected chi connectivity index (χ1v) is 19.2. The number of para-hydroxylation sites is 3. The van der Waals surface area contributed by atoms with Crippen LogP contribution in [0.25, 0.3) is 72.0 Å². The predicted octanol–water partition coefficient (Wildman–Crippen LogP) is 14.9. The van der Waals surface area contributed by atoms with Crippen LogP contribution in [0.15, 0.2) is 231 Å². The van der Waals surface area contributed by atoms with Crippen LogP contribution < -0.4 is 4.90 Å². The average Bonchev–Trinajstić information content (AvgIpc) is 3.62. The molecule has 0 radical (unpaired) electrons. The number of hydrogen-bond acceptors (Lipinski definition) is 1. The monoisotopic (exact) mass is 714 g/mol. The van der Waals surface area contributed by atoms with Crippen molar-refractivity contribution in [3.63, 3.8) is 0 Å². The van der Waals surface area contributed by atoms with Crippen LogP contribution in [0, 0.1) is 0 Å². The van der Waals surface area contributed by atoms with Crippen molar-refractivity contribution < 1.29 is 0 Å². The third kappa shape index (κ3) is 6.04. The second-order valence-electron chi connectivity index (χ2n) is 14.1. The van der Waals surface area contributed by atoms with Crippen LogP contribution in [0.2, 0.25) is 0 Å². The molecule has 0 aliphatic heterocycles. The molecule has 0 saturated carbocycles. The molecule has 56 heavy (non-hydrogen) atoms. The van der Waals surface area contributed by atoms with E-state index in [9.17, 15) is 0 Å².